The molecule has 1 saturated heterocycles. The van der Waals surface area contributed by atoms with Gasteiger partial charge in [0.1, 0.15) is 0 Å². The molecule has 120 valence electrons. The summed E-state index contributed by atoms with van der Waals surface area (Å²) in [5, 5.41) is 8.94. The molecule has 0 saturated carbocycles. The van der Waals surface area contributed by atoms with Crippen molar-refractivity contribution < 1.29 is 19.5 Å². The molecule has 0 atom stereocenters. The van der Waals surface area contributed by atoms with Crippen LogP contribution < -0.4 is 0 Å². The summed E-state index contributed by atoms with van der Waals surface area (Å²) < 4.78 is 0.527. The summed E-state index contributed by atoms with van der Waals surface area (Å²) in [6.45, 7) is 0.817. The van der Waals surface area contributed by atoms with E-state index in [9.17, 15) is 14.4 Å². The van der Waals surface area contributed by atoms with Crippen molar-refractivity contribution in [2.45, 2.75) is 12.8 Å². The fourth-order valence-corrected chi connectivity index (χ4v) is 3.41. The molecule has 0 aliphatic carbocycles. The standard InChI is InChI=1S/C14H17ClN2O4S/c1-16(13(19)10-2-3-11(15)22-10)8-12(18)17-6-4-9(5-7-17)14(20)21/h2-3,9H,4-8H2,1H3,(H,20,21). The topological polar surface area (TPSA) is 77.9 Å². The van der Waals surface area contributed by atoms with Crippen LogP contribution >= 0.6 is 22.9 Å². The van der Waals surface area contributed by atoms with Gasteiger partial charge in [-0.3, -0.25) is 14.4 Å². The summed E-state index contributed by atoms with van der Waals surface area (Å²) in [5.74, 6) is -1.60. The minimum atomic E-state index is -0.811. The van der Waals surface area contributed by atoms with Crippen LogP contribution in [-0.2, 0) is 9.59 Å². The third-order valence-electron chi connectivity index (χ3n) is 3.70. The molecule has 1 N–H and O–H groups in total. The van der Waals surface area contributed by atoms with Crippen molar-refractivity contribution in [3.8, 4) is 0 Å². The number of likely N-dealkylation sites (tertiary alicyclic amines) is 1. The number of nitrogens with zero attached hydrogens (tertiary/aromatic N) is 2. The number of carboxylic acids is 1. The van der Waals surface area contributed by atoms with Crippen molar-refractivity contribution in [2.75, 3.05) is 26.7 Å². The predicted molar refractivity (Wildman–Crippen MR) is 83.2 cm³/mol. The molecule has 1 aromatic rings. The summed E-state index contributed by atoms with van der Waals surface area (Å²) in [4.78, 5) is 38.7. The number of thiophene rings is 1. The van der Waals surface area contributed by atoms with Gasteiger partial charge in [-0.1, -0.05) is 11.6 Å². The molecule has 0 spiro atoms. The van der Waals surface area contributed by atoms with Gasteiger partial charge in [0.15, 0.2) is 0 Å². The van der Waals surface area contributed by atoms with Crippen LogP contribution in [0.2, 0.25) is 4.34 Å². The minimum absolute atomic E-state index is 0.0217. The maximum atomic E-state index is 12.2. The molecule has 0 radical (unpaired) electrons. The number of carbonyl (C=O) groups excluding carboxylic acids is 2. The second kappa shape index (κ2) is 7.11. The lowest BCUT2D eigenvalue weighted by Gasteiger charge is -2.31. The number of hydrogen-bond acceptors (Lipinski definition) is 4. The first-order chi connectivity index (χ1) is 10.4. The first-order valence-corrected chi connectivity index (χ1v) is 8.09. The smallest absolute Gasteiger partial charge is 0.306 e. The van der Waals surface area contributed by atoms with Crippen LogP contribution in [0, 0.1) is 5.92 Å². The van der Waals surface area contributed by atoms with E-state index in [1.165, 1.54) is 16.2 Å². The number of carbonyl (C=O) groups is 3. The molecular weight excluding hydrogens is 328 g/mol. The van der Waals surface area contributed by atoms with Gasteiger partial charge in [-0.25, -0.2) is 0 Å². The van der Waals surface area contributed by atoms with Gasteiger partial charge in [0.05, 0.1) is 21.7 Å². The Bertz CT molecular complexity index is 581. The van der Waals surface area contributed by atoms with Crippen molar-refractivity contribution in [2.24, 2.45) is 5.92 Å². The molecule has 1 aliphatic rings. The Morgan fingerprint density at radius 2 is 2.00 bits per heavy atom. The average molecular weight is 345 g/mol. The van der Waals surface area contributed by atoms with Gasteiger partial charge in [-0.15, -0.1) is 11.3 Å². The minimum Gasteiger partial charge on any atom is -0.481 e. The fourth-order valence-electron chi connectivity index (χ4n) is 2.37. The largest absolute Gasteiger partial charge is 0.481 e. The molecule has 0 aromatic carbocycles. The molecule has 0 unspecified atom stereocenters. The van der Waals surface area contributed by atoms with Crippen LogP contribution in [0.5, 0.6) is 0 Å². The number of hydrogen-bond donors (Lipinski definition) is 1. The lowest BCUT2D eigenvalue weighted by molar-refractivity contribution is -0.145. The lowest BCUT2D eigenvalue weighted by atomic mass is 9.97. The molecule has 8 heteroatoms. The number of aliphatic carboxylic acids is 1. The van der Waals surface area contributed by atoms with Crippen molar-refractivity contribution >= 4 is 40.7 Å². The quantitative estimate of drug-likeness (QED) is 0.903. The zero-order chi connectivity index (χ0) is 16.3. The van der Waals surface area contributed by atoms with Crippen molar-refractivity contribution in [3.05, 3.63) is 21.3 Å². The predicted octanol–water partition coefficient (Wildman–Crippen LogP) is 1.80. The Hall–Kier alpha value is -1.60. The Labute approximate surface area is 137 Å². The van der Waals surface area contributed by atoms with Gasteiger partial charge in [-0.05, 0) is 25.0 Å². The van der Waals surface area contributed by atoms with Crippen molar-refractivity contribution in [1.29, 1.82) is 0 Å². The molecule has 2 heterocycles. The number of piperidine rings is 1. The van der Waals surface area contributed by atoms with Gasteiger partial charge in [-0.2, -0.15) is 0 Å². The highest BCUT2D eigenvalue weighted by Crippen LogP contribution is 2.22. The van der Waals surface area contributed by atoms with Gasteiger partial charge in [0, 0.05) is 20.1 Å². The maximum Gasteiger partial charge on any atom is 0.306 e. The summed E-state index contributed by atoms with van der Waals surface area (Å²) in [6.07, 6.45) is 0.915. The van der Waals surface area contributed by atoms with Crippen molar-refractivity contribution in [3.63, 3.8) is 0 Å². The molecule has 1 aromatic heterocycles. The molecule has 2 rings (SSSR count). The maximum absolute atomic E-state index is 12.2. The van der Waals surface area contributed by atoms with E-state index in [0.29, 0.717) is 35.1 Å². The Balaban J connectivity index is 1.87. The SMILES string of the molecule is CN(CC(=O)N1CCC(C(=O)O)CC1)C(=O)c1ccc(Cl)s1. The Morgan fingerprint density at radius 1 is 1.36 bits per heavy atom. The van der Waals surface area contributed by atoms with Gasteiger partial charge >= 0.3 is 5.97 Å². The second-order valence-electron chi connectivity index (χ2n) is 5.26. The lowest BCUT2D eigenvalue weighted by Crippen LogP contribution is -2.45. The number of rotatable bonds is 4. The molecule has 1 fully saturated rings. The summed E-state index contributed by atoms with van der Waals surface area (Å²) >= 11 is 6.97. The van der Waals surface area contributed by atoms with Crippen LogP contribution in [0.25, 0.3) is 0 Å². The van der Waals surface area contributed by atoms with Gasteiger partial charge < -0.3 is 14.9 Å². The van der Waals surface area contributed by atoms with E-state index >= 15 is 0 Å². The molecule has 22 heavy (non-hydrogen) atoms. The third-order valence-corrected chi connectivity index (χ3v) is 4.92. The van der Waals surface area contributed by atoms with E-state index in [1.54, 1.807) is 24.1 Å². The van der Waals surface area contributed by atoms with Crippen LogP contribution in [0.3, 0.4) is 0 Å². The Kier molecular flexibility index (Phi) is 5.42. The van der Waals surface area contributed by atoms with Gasteiger partial charge in [0.2, 0.25) is 5.91 Å². The zero-order valence-corrected chi connectivity index (χ0v) is 13.7. The molecule has 2 amide bonds. The first kappa shape index (κ1) is 16.8. The van der Waals surface area contributed by atoms with E-state index in [-0.39, 0.29) is 24.3 Å². The summed E-state index contributed by atoms with van der Waals surface area (Å²) in [7, 11) is 1.57. The number of likely N-dealkylation sites (N-methyl/N-ethyl adjacent to an activating group) is 1. The monoisotopic (exact) mass is 344 g/mol. The van der Waals surface area contributed by atoms with E-state index in [4.69, 9.17) is 16.7 Å². The third kappa shape index (κ3) is 3.98. The van der Waals surface area contributed by atoms with Crippen LogP contribution in [-0.4, -0.2) is 59.4 Å². The molecule has 1 aliphatic heterocycles. The first-order valence-electron chi connectivity index (χ1n) is 6.90. The highest BCUT2D eigenvalue weighted by molar-refractivity contribution is 7.17. The normalized spacial score (nSPS) is 15.6. The number of amides is 2. The van der Waals surface area contributed by atoms with E-state index in [1.807, 2.05) is 0 Å². The zero-order valence-electron chi connectivity index (χ0n) is 12.1. The fraction of sp³-hybridized carbons (Fsp3) is 0.500. The van der Waals surface area contributed by atoms with Gasteiger partial charge in [0.25, 0.3) is 5.91 Å². The van der Waals surface area contributed by atoms with Crippen LogP contribution in [0.1, 0.15) is 22.5 Å². The second-order valence-corrected chi connectivity index (χ2v) is 6.97. The van der Waals surface area contributed by atoms with E-state index in [0.717, 1.165) is 0 Å². The van der Waals surface area contributed by atoms with E-state index in [2.05, 4.69) is 0 Å². The Morgan fingerprint density at radius 3 is 2.50 bits per heavy atom. The molecular formula is C14H17ClN2O4S. The number of carboxylic acid groups (broad SMARTS) is 1. The summed E-state index contributed by atoms with van der Waals surface area (Å²) in [5.41, 5.74) is 0. The number of halogens is 1. The van der Waals surface area contributed by atoms with Crippen molar-refractivity contribution in [1.82, 2.24) is 9.80 Å². The van der Waals surface area contributed by atoms with E-state index < -0.39 is 5.97 Å². The molecule has 6 nitrogen and oxygen atoms in total. The average Bonchev–Trinajstić information content (AvgIpc) is 2.92. The summed E-state index contributed by atoms with van der Waals surface area (Å²) in [6, 6.07) is 3.28. The highest BCUT2D eigenvalue weighted by atomic mass is 35.5. The van der Waals surface area contributed by atoms with Crippen LogP contribution in [0.15, 0.2) is 12.1 Å². The highest BCUT2D eigenvalue weighted by Gasteiger charge is 2.28. The van der Waals surface area contributed by atoms with Crippen LogP contribution in [0.4, 0.5) is 0 Å². The molecule has 0 bridgehead atoms.